The fourth-order valence-electron chi connectivity index (χ4n) is 3.98. The van der Waals surface area contributed by atoms with Gasteiger partial charge in [0, 0.05) is 6.20 Å². The molecule has 1 aromatic heterocycles. The Bertz CT molecular complexity index is 398. The lowest BCUT2D eigenvalue weighted by atomic mass is 9.82. The van der Waals surface area contributed by atoms with E-state index in [4.69, 9.17) is 10.8 Å². The summed E-state index contributed by atoms with van der Waals surface area (Å²) >= 11 is 0. The molecular weight excluding hydrogens is 234 g/mol. The molecule has 2 fully saturated rings. The second kappa shape index (κ2) is 5.66. The number of nitrogens with two attached hydrogens (primary N) is 1. The minimum Gasteiger partial charge on any atom is -0.330 e. The van der Waals surface area contributed by atoms with E-state index in [1.165, 1.54) is 63.5 Å². The number of hydrogen-bond donors (Lipinski definition) is 1. The smallest absolute Gasteiger partial charge is 0.0630 e. The second-order valence-corrected chi connectivity index (χ2v) is 6.67. The lowest BCUT2D eigenvalue weighted by Gasteiger charge is -2.26. The van der Waals surface area contributed by atoms with E-state index in [0.29, 0.717) is 11.5 Å². The third-order valence-corrected chi connectivity index (χ3v) is 5.27. The molecule has 0 bridgehead atoms. The van der Waals surface area contributed by atoms with E-state index in [2.05, 4.69) is 16.9 Å². The van der Waals surface area contributed by atoms with E-state index in [9.17, 15) is 0 Å². The number of rotatable bonds is 4. The minimum absolute atomic E-state index is 0.353. The van der Waals surface area contributed by atoms with E-state index < -0.39 is 0 Å². The monoisotopic (exact) mass is 261 g/mol. The molecule has 2 aliphatic rings. The van der Waals surface area contributed by atoms with Crippen molar-refractivity contribution in [1.82, 2.24) is 9.78 Å². The largest absolute Gasteiger partial charge is 0.330 e. The maximum absolute atomic E-state index is 6.03. The van der Waals surface area contributed by atoms with Gasteiger partial charge in [-0.25, -0.2) is 0 Å². The van der Waals surface area contributed by atoms with Gasteiger partial charge in [0.05, 0.1) is 11.7 Å². The van der Waals surface area contributed by atoms with Gasteiger partial charge in [-0.3, -0.25) is 4.68 Å². The molecule has 0 aromatic carbocycles. The topological polar surface area (TPSA) is 43.8 Å². The molecule has 3 rings (SSSR count). The van der Waals surface area contributed by atoms with Crippen LogP contribution in [0.4, 0.5) is 0 Å². The van der Waals surface area contributed by atoms with Crippen molar-refractivity contribution < 1.29 is 0 Å². The van der Waals surface area contributed by atoms with E-state index in [-0.39, 0.29) is 0 Å². The first-order chi connectivity index (χ1) is 9.31. The predicted octanol–water partition coefficient (Wildman–Crippen LogP) is 3.45. The first-order valence-electron chi connectivity index (χ1n) is 8.05. The summed E-state index contributed by atoms with van der Waals surface area (Å²) in [6.07, 6.45) is 15.3. The minimum atomic E-state index is 0.353. The van der Waals surface area contributed by atoms with Crippen molar-refractivity contribution in [2.75, 3.05) is 6.54 Å². The summed E-state index contributed by atoms with van der Waals surface area (Å²) in [6.45, 7) is 0.823. The highest BCUT2D eigenvalue weighted by Gasteiger charge is 2.33. The van der Waals surface area contributed by atoms with Gasteiger partial charge in [0.1, 0.15) is 0 Å². The van der Waals surface area contributed by atoms with Gasteiger partial charge in [-0.15, -0.1) is 0 Å². The van der Waals surface area contributed by atoms with Crippen LogP contribution in [0.5, 0.6) is 0 Å². The van der Waals surface area contributed by atoms with Crippen molar-refractivity contribution >= 4 is 0 Å². The summed E-state index contributed by atoms with van der Waals surface area (Å²) in [5.74, 6) is 0. The Kier molecular flexibility index (Phi) is 3.92. The molecule has 2 saturated carbocycles. The first-order valence-corrected chi connectivity index (χ1v) is 8.05. The summed E-state index contributed by atoms with van der Waals surface area (Å²) in [4.78, 5) is 0. The Labute approximate surface area is 116 Å². The molecule has 1 heterocycles. The van der Waals surface area contributed by atoms with Gasteiger partial charge >= 0.3 is 0 Å². The highest BCUT2D eigenvalue weighted by atomic mass is 15.3. The van der Waals surface area contributed by atoms with Crippen LogP contribution in [-0.4, -0.2) is 16.3 Å². The van der Waals surface area contributed by atoms with Gasteiger partial charge in [-0.05, 0) is 50.1 Å². The van der Waals surface area contributed by atoms with Gasteiger partial charge in [0.25, 0.3) is 0 Å². The predicted molar refractivity (Wildman–Crippen MR) is 78.0 cm³/mol. The molecule has 1 aromatic rings. The molecule has 0 amide bonds. The maximum atomic E-state index is 6.03. The molecule has 0 radical (unpaired) electrons. The standard InChI is InChI=1S/C16H27N3/c17-13-16(9-4-5-10-16)12-14-8-11-19(18-14)15-6-2-1-3-7-15/h8,11,15H,1-7,9-10,12-13,17H2. The Balaban J connectivity index is 1.67. The molecule has 0 unspecified atom stereocenters. The van der Waals surface area contributed by atoms with Crippen LogP contribution in [0.3, 0.4) is 0 Å². The summed E-state index contributed by atoms with van der Waals surface area (Å²) in [5.41, 5.74) is 7.65. The van der Waals surface area contributed by atoms with Crippen molar-refractivity contribution in [1.29, 1.82) is 0 Å². The highest BCUT2D eigenvalue weighted by Crippen LogP contribution is 2.39. The lowest BCUT2D eigenvalue weighted by molar-refractivity contribution is 0.295. The zero-order valence-electron chi connectivity index (χ0n) is 12.0. The fraction of sp³-hybridized carbons (Fsp3) is 0.812. The van der Waals surface area contributed by atoms with Crippen molar-refractivity contribution in [2.45, 2.75) is 70.3 Å². The molecule has 2 N–H and O–H groups in total. The second-order valence-electron chi connectivity index (χ2n) is 6.67. The van der Waals surface area contributed by atoms with Gasteiger partial charge in [0.2, 0.25) is 0 Å². The summed E-state index contributed by atoms with van der Waals surface area (Å²) < 4.78 is 2.23. The Morgan fingerprint density at radius 1 is 1.16 bits per heavy atom. The van der Waals surface area contributed by atoms with Crippen molar-refractivity contribution in [3.05, 3.63) is 18.0 Å². The third kappa shape index (κ3) is 2.86. The average molecular weight is 261 g/mol. The van der Waals surface area contributed by atoms with E-state index in [0.717, 1.165) is 13.0 Å². The molecule has 2 aliphatic carbocycles. The molecule has 0 aliphatic heterocycles. The summed E-state index contributed by atoms with van der Waals surface area (Å²) in [6, 6.07) is 2.88. The summed E-state index contributed by atoms with van der Waals surface area (Å²) in [7, 11) is 0. The lowest BCUT2D eigenvalue weighted by Crippen LogP contribution is -2.30. The molecule has 3 nitrogen and oxygen atoms in total. The molecule has 106 valence electrons. The number of aromatic nitrogens is 2. The van der Waals surface area contributed by atoms with Crippen LogP contribution >= 0.6 is 0 Å². The quantitative estimate of drug-likeness (QED) is 0.902. The molecule has 0 spiro atoms. The van der Waals surface area contributed by atoms with Gasteiger partial charge in [-0.2, -0.15) is 5.10 Å². The Morgan fingerprint density at radius 2 is 1.89 bits per heavy atom. The maximum Gasteiger partial charge on any atom is 0.0630 e. The SMILES string of the molecule is NCC1(Cc2ccn(C3CCCCC3)n2)CCCC1. The molecule has 19 heavy (non-hydrogen) atoms. The third-order valence-electron chi connectivity index (χ3n) is 5.27. The molecular formula is C16H27N3. The fourth-order valence-corrected chi connectivity index (χ4v) is 3.98. The van der Waals surface area contributed by atoms with E-state index in [1.807, 2.05) is 0 Å². The zero-order chi connectivity index (χ0) is 13.1. The van der Waals surface area contributed by atoms with Crippen LogP contribution < -0.4 is 5.73 Å². The van der Waals surface area contributed by atoms with Crippen LogP contribution in [0.2, 0.25) is 0 Å². The summed E-state index contributed by atoms with van der Waals surface area (Å²) in [5, 5.41) is 4.85. The Morgan fingerprint density at radius 3 is 2.58 bits per heavy atom. The van der Waals surface area contributed by atoms with Gasteiger partial charge < -0.3 is 5.73 Å². The first kappa shape index (κ1) is 13.2. The van der Waals surface area contributed by atoms with Crippen LogP contribution in [-0.2, 0) is 6.42 Å². The molecule has 0 saturated heterocycles. The molecule has 3 heteroatoms. The van der Waals surface area contributed by atoms with Crippen LogP contribution in [0, 0.1) is 5.41 Å². The average Bonchev–Trinajstić information content (AvgIpc) is 3.10. The van der Waals surface area contributed by atoms with E-state index in [1.54, 1.807) is 0 Å². The van der Waals surface area contributed by atoms with Crippen molar-refractivity contribution in [3.8, 4) is 0 Å². The van der Waals surface area contributed by atoms with Gasteiger partial charge in [-0.1, -0.05) is 32.1 Å². The van der Waals surface area contributed by atoms with Crippen molar-refractivity contribution in [3.63, 3.8) is 0 Å². The van der Waals surface area contributed by atoms with Crippen LogP contribution in [0.25, 0.3) is 0 Å². The van der Waals surface area contributed by atoms with Crippen LogP contribution in [0.1, 0.15) is 69.5 Å². The van der Waals surface area contributed by atoms with Crippen LogP contribution in [0.15, 0.2) is 12.3 Å². The van der Waals surface area contributed by atoms with Gasteiger partial charge in [0.15, 0.2) is 0 Å². The number of nitrogens with zero attached hydrogens (tertiary/aromatic N) is 2. The molecule has 0 atom stereocenters. The van der Waals surface area contributed by atoms with E-state index >= 15 is 0 Å². The Hall–Kier alpha value is -0.830. The normalized spacial score (nSPS) is 23.8. The van der Waals surface area contributed by atoms with Crippen molar-refractivity contribution in [2.24, 2.45) is 11.1 Å². The highest BCUT2D eigenvalue weighted by molar-refractivity contribution is 5.05. The number of hydrogen-bond acceptors (Lipinski definition) is 2. The zero-order valence-corrected chi connectivity index (χ0v) is 12.0.